The SMILES string of the molecule is CCOC(=O)C1=NN(c2ccc(OC)cc2)C(=O)C1c1ccccc1N. The summed E-state index contributed by atoms with van der Waals surface area (Å²) in [5.41, 5.74) is 7.51. The predicted molar refractivity (Wildman–Crippen MR) is 98.1 cm³/mol. The zero-order valence-electron chi connectivity index (χ0n) is 14.5. The molecule has 1 atom stereocenters. The Morgan fingerprint density at radius 2 is 1.88 bits per heavy atom. The second-order valence-electron chi connectivity index (χ2n) is 5.62. The first kappa shape index (κ1) is 17.5. The third-order valence-electron chi connectivity index (χ3n) is 4.05. The largest absolute Gasteiger partial charge is 0.497 e. The van der Waals surface area contributed by atoms with Gasteiger partial charge in [-0.25, -0.2) is 4.79 Å². The van der Waals surface area contributed by atoms with Gasteiger partial charge in [-0.2, -0.15) is 10.1 Å². The number of esters is 1. The van der Waals surface area contributed by atoms with E-state index in [1.165, 1.54) is 5.01 Å². The minimum Gasteiger partial charge on any atom is -0.497 e. The Morgan fingerprint density at radius 1 is 1.19 bits per heavy atom. The maximum atomic E-state index is 13.0. The summed E-state index contributed by atoms with van der Waals surface area (Å²) in [5, 5.41) is 5.44. The van der Waals surface area contributed by atoms with Gasteiger partial charge in [0.1, 0.15) is 11.7 Å². The molecular weight excluding hydrogens is 334 g/mol. The molecule has 0 radical (unpaired) electrons. The number of carbonyl (C=O) groups is 2. The van der Waals surface area contributed by atoms with Crippen molar-refractivity contribution in [1.82, 2.24) is 0 Å². The fourth-order valence-electron chi connectivity index (χ4n) is 2.78. The average Bonchev–Trinajstić information content (AvgIpc) is 3.00. The van der Waals surface area contributed by atoms with Crippen LogP contribution in [0.2, 0.25) is 0 Å². The number of benzene rings is 2. The van der Waals surface area contributed by atoms with Crippen molar-refractivity contribution in [3.63, 3.8) is 0 Å². The lowest BCUT2D eigenvalue weighted by molar-refractivity contribution is -0.135. The first-order chi connectivity index (χ1) is 12.6. The molecule has 2 aromatic carbocycles. The highest BCUT2D eigenvalue weighted by Crippen LogP contribution is 2.34. The van der Waals surface area contributed by atoms with Crippen LogP contribution in [0.5, 0.6) is 5.75 Å². The Kier molecular flexibility index (Phi) is 4.88. The van der Waals surface area contributed by atoms with Crippen LogP contribution in [0.15, 0.2) is 53.6 Å². The fraction of sp³-hybridized carbons (Fsp3) is 0.211. The minimum atomic E-state index is -0.905. The van der Waals surface area contributed by atoms with Gasteiger partial charge in [0.25, 0.3) is 5.91 Å². The number of anilines is 2. The van der Waals surface area contributed by atoms with E-state index in [1.807, 2.05) is 0 Å². The molecule has 1 aliphatic heterocycles. The van der Waals surface area contributed by atoms with Gasteiger partial charge < -0.3 is 15.2 Å². The number of hydrogen-bond acceptors (Lipinski definition) is 6. The van der Waals surface area contributed by atoms with Crippen molar-refractivity contribution in [2.45, 2.75) is 12.8 Å². The van der Waals surface area contributed by atoms with Crippen molar-refractivity contribution in [2.75, 3.05) is 24.5 Å². The molecule has 3 rings (SSSR count). The van der Waals surface area contributed by atoms with E-state index in [0.29, 0.717) is 22.7 Å². The molecule has 0 aliphatic carbocycles. The number of ether oxygens (including phenoxy) is 2. The maximum absolute atomic E-state index is 13.0. The van der Waals surface area contributed by atoms with Crippen LogP contribution < -0.4 is 15.5 Å². The van der Waals surface area contributed by atoms with Gasteiger partial charge in [0.05, 0.1) is 19.4 Å². The number of rotatable bonds is 5. The smallest absolute Gasteiger partial charge is 0.355 e. The molecule has 0 aromatic heterocycles. The van der Waals surface area contributed by atoms with Crippen LogP contribution in [-0.4, -0.2) is 31.3 Å². The molecule has 7 nitrogen and oxygen atoms in total. The van der Waals surface area contributed by atoms with E-state index in [9.17, 15) is 9.59 Å². The number of para-hydroxylation sites is 1. The van der Waals surface area contributed by atoms with E-state index < -0.39 is 11.9 Å². The van der Waals surface area contributed by atoms with Gasteiger partial charge in [-0.3, -0.25) is 4.79 Å². The van der Waals surface area contributed by atoms with Crippen LogP contribution in [0.3, 0.4) is 0 Å². The number of carbonyl (C=O) groups excluding carboxylic acids is 2. The highest BCUT2D eigenvalue weighted by atomic mass is 16.5. The van der Waals surface area contributed by atoms with Gasteiger partial charge in [-0.05, 0) is 42.8 Å². The van der Waals surface area contributed by atoms with E-state index in [-0.39, 0.29) is 18.2 Å². The van der Waals surface area contributed by atoms with Crippen molar-refractivity contribution >= 4 is 29.0 Å². The molecule has 26 heavy (non-hydrogen) atoms. The topological polar surface area (TPSA) is 94.2 Å². The minimum absolute atomic E-state index is 0.0190. The molecule has 2 N–H and O–H groups in total. The monoisotopic (exact) mass is 353 g/mol. The third kappa shape index (κ3) is 3.11. The van der Waals surface area contributed by atoms with Gasteiger partial charge >= 0.3 is 5.97 Å². The molecule has 7 heteroatoms. The van der Waals surface area contributed by atoms with Crippen molar-refractivity contribution < 1.29 is 19.1 Å². The molecule has 1 unspecified atom stereocenters. The molecule has 0 saturated carbocycles. The van der Waals surface area contributed by atoms with Crippen LogP contribution in [-0.2, 0) is 14.3 Å². The molecule has 0 saturated heterocycles. The van der Waals surface area contributed by atoms with E-state index in [2.05, 4.69) is 5.10 Å². The molecule has 1 amide bonds. The van der Waals surface area contributed by atoms with Crippen LogP contribution >= 0.6 is 0 Å². The lowest BCUT2D eigenvalue weighted by atomic mass is 9.92. The van der Waals surface area contributed by atoms with Crippen LogP contribution in [0.4, 0.5) is 11.4 Å². The second-order valence-corrected chi connectivity index (χ2v) is 5.62. The maximum Gasteiger partial charge on any atom is 0.355 e. The van der Waals surface area contributed by atoms with E-state index >= 15 is 0 Å². The summed E-state index contributed by atoms with van der Waals surface area (Å²) >= 11 is 0. The number of amides is 1. The standard InChI is InChI=1S/C19H19N3O4/c1-3-26-19(24)17-16(14-6-4-5-7-15(14)20)18(23)22(21-17)12-8-10-13(25-2)11-9-12/h4-11,16H,3,20H2,1-2H3. The molecule has 2 aromatic rings. The molecule has 1 aliphatic rings. The quantitative estimate of drug-likeness (QED) is 0.658. The molecule has 0 fully saturated rings. The third-order valence-corrected chi connectivity index (χ3v) is 4.05. The van der Waals surface area contributed by atoms with Crippen molar-refractivity contribution in [3.05, 3.63) is 54.1 Å². The Balaban J connectivity index is 2.04. The first-order valence-corrected chi connectivity index (χ1v) is 8.14. The number of hydrazone groups is 1. The molecule has 0 bridgehead atoms. The Labute approximate surface area is 151 Å². The summed E-state index contributed by atoms with van der Waals surface area (Å²) in [6.45, 7) is 1.88. The van der Waals surface area contributed by atoms with Gasteiger partial charge in [0, 0.05) is 5.69 Å². The van der Waals surface area contributed by atoms with E-state index in [4.69, 9.17) is 15.2 Å². The highest BCUT2D eigenvalue weighted by Gasteiger charge is 2.42. The molecular formula is C19H19N3O4. The Morgan fingerprint density at radius 3 is 2.50 bits per heavy atom. The zero-order chi connectivity index (χ0) is 18.7. The summed E-state index contributed by atoms with van der Waals surface area (Å²) in [7, 11) is 1.56. The van der Waals surface area contributed by atoms with Crippen molar-refractivity contribution in [3.8, 4) is 5.75 Å². The zero-order valence-corrected chi connectivity index (χ0v) is 14.5. The number of methoxy groups -OCH3 is 1. The molecule has 1 heterocycles. The fourth-order valence-corrected chi connectivity index (χ4v) is 2.78. The number of nitrogen functional groups attached to an aromatic ring is 1. The lowest BCUT2D eigenvalue weighted by Gasteiger charge is -2.16. The molecule has 0 spiro atoms. The lowest BCUT2D eigenvalue weighted by Crippen LogP contribution is -2.29. The summed E-state index contributed by atoms with van der Waals surface area (Å²) in [6.07, 6.45) is 0. The molecule has 134 valence electrons. The summed E-state index contributed by atoms with van der Waals surface area (Å²) < 4.78 is 10.2. The van der Waals surface area contributed by atoms with Gasteiger partial charge in [0.15, 0.2) is 5.71 Å². The number of nitrogens with zero attached hydrogens (tertiary/aromatic N) is 2. The van der Waals surface area contributed by atoms with Crippen molar-refractivity contribution in [2.24, 2.45) is 5.10 Å². The van der Waals surface area contributed by atoms with Gasteiger partial charge in [0.2, 0.25) is 0 Å². The normalized spacial score (nSPS) is 16.4. The first-order valence-electron chi connectivity index (χ1n) is 8.14. The predicted octanol–water partition coefficient (Wildman–Crippen LogP) is 2.33. The summed E-state index contributed by atoms with van der Waals surface area (Å²) in [4.78, 5) is 25.4. The number of hydrogen-bond donors (Lipinski definition) is 1. The van der Waals surface area contributed by atoms with Gasteiger partial charge in [-0.1, -0.05) is 18.2 Å². The van der Waals surface area contributed by atoms with E-state index in [0.717, 1.165) is 0 Å². The second kappa shape index (κ2) is 7.26. The highest BCUT2D eigenvalue weighted by molar-refractivity contribution is 6.46. The average molecular weight is 353 g/mol. The van der Waals surface area contributed by atoms with E-state index in [1.54, 1.807) is 62.6 Å². The van der Waals surface area contributed by atoms with Crippen LogP contribution in [0, 0.1) is 0 Å². The Bertz CT molecular complexity index is 861. The van der Waals surface area contributed by atoms with Crippen molar-refractivity contribution in [1.29, 1.82) is 0 Å². The van der Waals surface area contributed by atoms with Crippen LogP contribution in [0.1, 0.15) is 18.4 Å². The number of nitrogens with two attached hydrogens (primary N) is 1. The Hall–Kier alpha value is -3.35. The van der Waals surface area contributed by atoms with Gasteiger partial charge in [-0.15, -0.1) is 0 Å². The van der Waals surface area contributed by atoms with Crippen LogP contribution in [0.25, 0.3) is 0 Å². The summed E-state index contributed by atoms with van der Waals surface area (Å²) in [5.74, 6) is -1.25. The summed E-state index contributed by atoms with van der Waals surface area (Å²) in [6, 6.07) is 13.7.